The molecule has 5 nitrogen and oxygen atoms in total. The van der Waals surface area contributed by atoms with Crippen LogP contribution < -0.4 is 16.0 Å². The average Bonchev–Trinajstić information content (AvgIpc) is 2.34. The summed E-state index contributed by atoms with van der Waals surface area (Å²) < 4.78 is 26.3. The number of hydrogen-bond donors (Lipinski definition) is 3. The normalized spacial score (nSPS) is 18.9. The maximum atomic E-state index is 13.5. The Morgan fingerprint density at radius 1 is 1.42 bits per heavy atom. The van der Waals surface area contributed by atoms with Gasteiger partial charge in [0, 0.05) is 12.6 Å². The fraction of sp³-hybridized carbons (Fsp3) is 0.273. The van der Waals surface area contributed by atoms with Crippen LogP contribution in [0, 0.1) is 11.6 Å². The van der Waals surface area contributed by atoms with Gasteiger partial charge in [0.25, 0.3) is 0 Å². The first-order valence-corrected chi connectivity index (χ1v) is 5.80. The van der Waals surface area contributed by atoms with Gasteiger partial charge in [0.05, 0.1) is 17.3 Å². The van der Waals surface area contributed by atoms with Crippen LogP contribution in [0.4, 0.5) is 14.5 Å². The molecular formula is C11H10ClF2N3O2. The molecule has 1 saturated heterocycles. The van der Waals surface area contributed by atoms with Gasteiger partial charge < -0.3 is 10.6 Å². The van der Waals surface area contributed by atoms with E-state index in [9.17, 15) is 18.4 Å². The van der Waals surface area contributed by atoms with E-state index in [2.05, 4.69) is 16.0 Å². The first-order chi connectivity index (χ1) is 8.97. The van der Waals surface area contributed by atoms with E-state index < -0.39 is 23.6 Å². The molecule has 102 valence electrons. The molecule has 1 unspecified atom stereocenters. The minimum absolute atomic E-state index is 0.00226. The van der Waals surface area contributed by atoms with Gasteiger partial charge in [-0.3, -0.25) is 14.9 Å². The predicted octanol–water partition coefficient (Wildman–Crippen LogP) is 0.645. The molecule has 0 aliphatic carbocycles. The standard InChI is InChI=1S/C11H10ClF2N3O2/c12-6-1-5(13)2-7(14)10(6)17-11(19)8-3-16-9(18)4-15-8/h1-2,8,15H,3-4H2,(H,16,18)(H,17,19). The summed E-state index contributed by atoms with van der Waals surface area (Å²) in [6, 6.07) is 0.826. The van der Waals surface area contributed by atoms with Gasteiger partial charge in [-0.15, -0.1) is 0 Å². The number of benzene rings is 1. The van der Waals surface area contributed by atoms with Crippen molar-refractivity contribution in [2.24, 2.45) is 0 Å². The van der Waals surface area contributed by atoms with Crippen LogP contribution in [-0.4, -0.2) is 30.9 Å². The highest BCUT2D eigenvalue weighted by atomic mass is 35.5. The van der Waals surface area contributed by atoms with Crippen molar-refractivity contribution in [1.29, 1.82) is 0 Å². The SMILES string of the molecule is O=C1CNC(C(=O)Nc2c(F)cc(F)cc2Cl)CN1. The zero-order valence-electron chi connectivity index (χ0n) is 9.60. The number of rotatable bonds is 2. The van der Waals surface area contributed by atoms with Crippen molar-refractivity contribution < 1.29 is 18.4 Å². The maximum Gasteiger partial charge on any atom is 0.243 e. The lowest BCUT2D eigenvalue weighted by atomic mass is 10.2. The second-order valence-corrected chi connectivity index (χ2v) is 4.38. The Morgan fingerprint density at radius 2 is 2.16 bits per heavy atom. The van der Waals surface area contributed by atoms with Crippen LogP contribution in [0.1, 0.15) is 0 Å². The van der Waals surface area contributed by atoms with E-state index in [1.54, 1.807) is 0 Å². The van der Waals surface area contributed by atoms with E-state index in [1.165, 1.54) is 0 Å². The van der Waals surface area contributed by atoms with Crippen molar-refractivity contribution in [2.45, 2.75) is 6.04 Å². The largest absolute Gasteiger partial charge is 0.353 e. The summed E-state index contributed by atoms with van der Waals surface area (Å²) in [7, 11) is 0. The van der Waals surface area contributed by atoms with Crippen LogP contribution in [0.2, 0.25) is 5.02 Å². The minimum atomic E-state index is -0.960. The Balaban J connectivity index is 2.09. The number of anilines is 1. The lowest BCUT2D eigenvalue weighted by molar-refractivity contribution is -0.124. The van der Waals surface area contributed by atoms with E-state index in [0.717, 1.165) is 6.07 Å². The van der Waals surface area contributed by atoms with Gasteiger partial charge in [-0.1, -0.05) is 11.6 Å². The fourth-order valence-electron chi connectivity index (χ4n) is 1.62. The van der Waals surface area contributed by atoms with Crippen molar-refractivity contribution >= 4 is 29.1 Å². The molecule has 1 fully saturated rings. The Kier molecular flexibility index (Phi) is 3.96. The zero-order valence-corrected chi connectivity index (χ0v) is 10.4. The maximum absolute atomic E-state index is 13.5. The van der Waals surface area contributed by atoms with Crippen molar-refractivity contribution in [3.05, 3.63) is 28.8 Å². The van der Waals surface area contributed by atoms with Crippen molar-refractivity contribution in [3.63, 3.8) is 0 Å². The minimum Gasteiger partial charge on any atom is -0.353 e. The molecule has 19 heavy (non-hydrogen) atoms. The van der Waals surface area contributed by atoms with Crippen LogP contribution in [0.15, 0.2) is 12.1 Å². The quantitative estimate of drug-likeness (QED) is 0.748. The molecule has 1 atom stereocenters. The summed E-state index contributed by atoms with van der Waals surface area (Å²) in [5.41, 5.74) is -0.285. The first kappa shape index (κ1) is 13.7. The number of hydrogen-bond acceptors (Lipinski definition) is 3. The van der Waals surface area contributed by atoms with E-state index in [0.29, 0.717) is 6.07 Å². The number of amides is 2. The van der Waals surface area contributed by atoms with Crippen molar-refractivity contribution in [3.8, 4) is 0 Å². The molecule has 1 aliphatic rings. The van der Waals surface area contributed by atoms with Crippen LogP contribution in [0.3, 0.4) is 0 Å². The molecule has 1 aliphatic heterocycles. The third kappa shape index (κ3) is 3.18. The Hall–Kier alpha value is -1.73. The molecule has 2 amide bonds. The van der Waals surface area contributed by atoms with Crippen LogP contribution in [-0.2, 0) is 9.59 Å². The number of carbonyl (C=O) groups excluding carboxylic acids is 2. The highest BCUT2D eigenvalue weighted by Gasteiger charge is 2.25. The lowest BCUT2D eigenvalue weighted by Gasteiger charge is -2.23. The number of nitrogens with one attached hydrogen (secondary N) is 3. The molecule has 8 heteroatoms. The molecule has 0 spiro atoms. The molecule has 2 rings (SSSR count). The summed E-state index contributed by atoms with van der Waals surface area (Å²) in [5.74, 6) is -2.58. The summed E-state index contributed by atoms with van der Waals surface area (Å²) in [6.07, 6.45) is 0. The Morgan fingerprint density at radius 3 is 2.74 bits per heavy atom. The monoisotopic (exact) mass is 289 g/mol. The Bertz CT molecular complexity index is 506. The second kappa shape index (κ2) is 5.50. The van der Waals surface area contributed by atoms with Crippen molar-refractivity contribution in [1.82, 2.24) is 10.6 Å². The smallest absolute Gasteiger partial charge is 0.243 e. The molecule has 0 radical (unpaired) electrons. The molecule has 1 heterocycles. The number of carbonyl (C=O) groups is 2. The highest BCUT2D eigenvalue weighted by molar-refractivity contribution is 6.33. The van der Waals surface area contributed by atoms with Gasteiger partial charge in [0.2, 0.25) is 11.8 Å². The van der Waals surface area contributed by atoms with Crippen molar-refractivity contribution in [2.75, 3.05) is 18.4 Å². The zero-order chi connectivity index (χ0) is 14.0. The van der Waals surface area contributed by atoms with Crippen LogP contribution in [0.5, 0.6) is 0 Å². The topological polar surface area (TPSA) is 70.2 Å². The summed E-state index contributed by atoms with van der Waals surface area (Å²) in [5, 5.41) is 7.20. The lowest BCUT2D eigenvalue weighted by Crippen LogP contribution is -2.56. The molecule has 3 N–H and O–H groups in total. The van der Waals surface area contributed by atoms with Gasteiger partial charge in [0.15, 0.2) is 5.82 Å². The molecule has 0 aromatic heterocycles. The Labute approximate surface area is 112 Å². The summed E-state index contributed by atoms with van der Waals surface area (Å²) >= 11 is 5.66. The number of halogens is 3. The molecule has 1 aromatic rings. The highest BCUT2D eigenvalue weighted by Crippen LogP contribution is 2.26. The summed E-state index contributed by atoms with van der Waals surface area (Å²) in [6.45, 7) is 0.0861. The van der Waals surface area contributed by atoms with E-state index in [-0.39, 0.29) is 29.7 Å². The third-order valence-electron chi connectivity index (χ3n) is 2.58. The van der Waals surface area contributed by atoms with Gasteiger partial charge in [0.1, 0.15) is 11.9 Å². The van der Waals surface area contributed by atoms with E-state index in [4.69, 9.17) is 11.6 Å². The van der Waals surface area contributed by atoms with Gasteiger partial charge >= 0.3 is 0 Å². The predicted molar refractivity (Wildman–Crippen MR) is 64.8 cm³/mol. The van der Waals surface area contributed by atoms with E-state index >= 15 is 0 Å². The molecule has 0 bridgehead atoms. The molecular weight excluding hydrogens is 280 g/mol. The second-order valence-electron chi connectivity index (χ2n) is 3.97. The van der Waals surface area contributed by atoms with Gasteiger partial charge in [-0.2, -0.15) is 0 Å². The summed E-state index contributed by atoms with van der Waals surface area (Å²) in [4.78, 5) is 22.7. The van der Waals surface area contributed by atoms with Crippen LogP contribution in [0.25, 0.3) is 0 Å². The van der Waals surface area contributed by atoms with Gasteiger partial charge in [-0.05, 0) is 6.07 Å². The number of piperazine rings is 1. The molecule has 0 saturated carbocycles. The molecule has 1 aromatic carbocycles. The van der Waals surface area contributed by atoms with Crippen LogP contribution >= 0.6 is 11.6 Å². The average molecular weight is 290 g/mol. The first-order valence-electron chi connectivity index (χ1n) is 5.43. The van der Waals surface area contributed by atoms with Gasteiger partial charge in [-0.25, -0.2) is 8.78 Å². The van der Waals surface area contributed by atoms with E-state index in [1.807, 2.05) is 0 Å². The fourth-order valence-corrected chi connectivity index (χ4v) is 1.87. The third-order valence-corrected chi connectivity index (χ3v) is 2.88.